The van der Waals surface area contributed by atoms with Crippen LogP contribution in [0.4, 0.5) is 13.2 Å². The van der Waals surface area contributed by atoms with Crippen LogP contribution in [0.3, 0.4) is 0 Å². The van der Waals surface area contributed by atoms with E-state index in [1.807, 2.05) is 6.92 Å². The summed E-state index contributed by atoms with van der Waals surface area (Å²) in [5, 5.41) is 3.60. The van der Waals surface area contributed by atoms with E-state index in [1.54, 1.807) is 13.0 Å². The van der Waals surface area contributed by atoms with Gasteiger partial charge in [0.2, 0.25) is 0 Å². The number of nitrogens with zero attached hydrogens (tertiary/aromatic N) is 1. The van der Waals surface area contributed by atoms with Gasteiger partial charge in [-0.15, -0.1) is 0 Å². The topological polar surface area (TPSA) is 21.6 Å². The molecule has 0 spiro atoms. The molecule has 0 aliphatic rings. The number of hydrogen-bond donors (Lipinski definition) is 0. The second-order valence-electron chi connectivity index (χ2n) is 3.23. The Morgan fingerprint density at radius 1 is 1.41 bits per heavy atom. The standard InChI is InChI=1S/C12H16F3NO/c1-4-10(3)17-16-9-11(5-2)7-6-8-12(13,14)15/h5-7,9H,3-4,8H2,1-2H3/b7-6-,11-5+,16-9+. The van der Waals surface area contributed by atoms with Crippen molar-refractivity contribution in [2.75, 3.05) is 0 Å². The number of oxime groups is 1. The third-order valence-corrected chi connectivity index (χ3v) is 1.77. The van der Waals surface area contributed by atoms with E-state index in [4.69, 9.17) is 4.84 Å². The zero-order valence-electron chi connectivity index (χ0n) is 9.92. The minimum absolute atomic E-state index is 0.496. The Balaban J connectivity index is 4.23. The first kappa shape index (κ1) is 15.5. The molecular weight excluding hydrogens is 231 g/mol. The number of halogens is 3. The second-order valence-corrected chi connectivity index (χ2v) is 3.23. The Morgan fingerprint density at radius 2 is 2.06 bits per heavy atom. The molecule has 0 amide bonds. The van der Waals surface area contributed by atoms with Crippen LogP contribution < -0.4 is 0 Å². The van der Waals surface area contributed by atoms with E-state index in [9.17, 15) is 13.2 Å². The van der Waals surface area contributed by atoms with Crippen LogP contribution in [0.25, 0.3) is 0 Å². The van der Waals surface area contributed by atoms with Gasteiger partial charge in [0.15, 0.2) is 0 Å². The van der Waals surface area contributed by atoms with E-state index < -0.39 is 12.6 Å². The van der Waals surface area contributed by atoms with Crippen LogP contribution in [0, 0.1) is 0 Å². The van der Waals surface area contributed by atoms with Gasteiger partial charge in [-0.3, -0.25) is 0 Å². The lowest BCUT2D eigenvalue weighted by atomic mass is 10.2. The molecule has 0 aromatic rings. The first-order chi connectivity index (χ1) is 7.89. The van der Waals surface area contributed by atoms with Crippen molar-refractivity contribution in [3.05, 3.63) is 36.1 Å². The SMILES string of the molecule is C=C(CC)O/N=C/C(/C=C\CC(F)(F)F)=C/C. The van der Waals surface area contributed by atoms with Crippen LogP contribution in [-0.4, -0.2) is 12.4 Å². The molecular formula is C12H16F3NO. The average molecular weight is 247 g/mol. The Morgan fingerprint density at radius 3 is 2.53 bits per heavy atom. The molecule has 0 heterocycles. The lowest BCUT2D eigenvalue weighted by Crippen LogP contribution is -2.04. The normalized spacial score (nSPS) is 13.6. The summed E-state index contributed by atoms with van der Waals surface area (Å²) in [7, 11) is 0. The summed E-state index contributed by atoms with van der Waals surface area (Å²) in [6.45, 7) is 7.13. The first-order valence-electron chi connectivity index (χ1n) is 5.16. The van der Waals surface area contributed by atoms with Crippen molar-refractivity contribution < 1.29 is 18.0 Å². The van der Waals surface area contributed by atoms with Crippen molar-refractivity contribution in [2.45, 2.75) is 32.9 Å². The Bertz CT molecular complexity index is 327. The number of alkyl halides is 3. The van der Waals surface area contributed by atoms with Crippen molar-refractivity contribution in [3.8, 4) is 0 Å². The van der Waals surface area contributed by atoms with E-state index in [0.717, 1.165) is 6.08 Å². The second kappa shape index (κ2) is 7.70. The van der Waals surface area contributed by atoms with Gasteiger partial charge in [-0.25, -0.2) is 0 Å². The summed E-state index contributed by atoms with van der Waals surface area (Å²) in [6.07, 6.45) is 0.847. The van der Waals surface area contributed by atoms with E-state index in [1.165, 1.54) is 12.3 Å². The van der Waals surface area contributed by atoms with Crippen LogP contribution in [0.5, 0.6) is 0 Å². The molecule has 0 unspecified atom stereocenters. The summed E-state index contributed by atoms with van der Waals surface area (Å²) < 4.78 is 35.6. The smallest absolute Gasteiger partial charge is 0.362 e. The van der Waals surface area contributed by atoms with Crippen LogP contribution in [0.1, 0.15) is 26.7 Å². The third-order valence-electron chi connectivity index (χ3n) is 1.77. The summed E-state index contributed by atoms with van der Waals surface area (Å²) >= 11 is 0. The predicted molar refractivity (Wildman–Crippen MR) is 62.6 cm³/mol. The van der Waals surface area contributed by atoms with E-state index in [-0.39, 0.29) is 0 Å². The molecule has 0 bridgehead atoms. The summed E-state index contributed by atoms with van der Waals surface area (Å²) in [5.74, 6) is 0.496. The van der Waals surface area contributed by atoms with Gasteiger partial charge >= 0.3 is 6.18 Å². The summed E-state index contributed by atoms with van der Waals surface area (Å²) in [6, 6.07) is 0. The predicted octanol–water partition coefficient (Wildman–Crippen LogP) is 4.37. The lowest BCUT2D eigenvalue weighted by Gasteiger charge is -2.00. The molecule has 0 saturated carbocycles. The molecule has 0 aliphatic heterocycles. The van der Waals surface area contributed by atoms with Crippen LogP contribution in [0.15, 0.2) is 41.3 Å². The number of allylic oxidation sites excluding steroid dienone is 5. The number of rotatable bonds is 6. The highest BCUT2D eigenvalue weighted by Crippen LogP contribution is 2.19. The van der Waals surface area contributed by atoms with Gasteiger partial charge in [-0.2, -0.15) is 13.2 Å². The zero-order chi connectivity index (χ0) is 13.3. The largest absolute Gasteiger partial charge is 0.392 e. The van der Waals surface area contributed by atoms with Gasteiger partial charge in [-0.05, 0) is 12.5 Å². The molecule has 0 saturated heterocycles. The van der Waals surface area contributed by atoms with Crippen LogP contribution >= 0.6 is 0 Å². The molecule has 96 valence electrons. The van der Waals surface area contributed by atoms with E-state index in [0.29, 0.717) is 17.8 Å². The fourth-order valence-electron chi connectivity index (χ4n) is 0.769. The lowest BCUT2D eigenvalue weighted by molar-refractivity contribution is -0.125. The van der Waals surface area contributed by atoms with Gasteiger partial charge in [0.25, 0.3) is 0 Å². The van der Waals surface area contributed by atoms with E-state index >= 15 is 0 Å². The molecule has 0 atom stereocenters. The monoisotopic (exact) mass is 247 g/mol. The minimum Gasteiger partial charge on any atom is -0.362 e. The molecule has 0 fully saturated rings. The maximum Gasteiger partial charge on any atom is 0.392 e. The van der Waals surface area contributed by atoms with Gasteiger partial charge in [0.05, 0.1) is 12.6 Å². The Labute approximate surface area is 99.1 Å². The van der Waals surface area contributed by atoms with Crippen molar-refractivity contribution in [1.29, 1.82) is 0 Å². The zero-order valence-corrected chi connectivity index (χ0v) is 9.92. The fourth-order valence-corrected chi connectivity index (χ4v) is 0.769. The van der Waals surface area contributed by atoms with Gasteiger partial charge < -0.3 is 4.84 Å². The first-order valence-corrected chi connectivity index (χ1v) is 5.16. The highest BCUT2D eigenvalue weighted by molar-refractivity contribution is 5.81. The summed E-state index contributed by atoms with van der Waals surface area (Å²) in [5.41, 5.74) is 0.540. The molecule has 0 aliphatic carbocycles. The number of hydrogen-bond acceptors (Lipinski definition) is 2. The van der Waals surface area contributed by atoms with Crippen molar-refractivity contribution >= 4 is 6.21 Å². The Kier molecular flexibility index (Phi) is 7.02. The molecule has 0 rings (SSSR count). The molecule has 0 N–H and O–H groups in total. The molecule has 0 radical (unpaired) electrons. The maximum atomic E-state index is 11.9. The minimum atomic E-state index is -4.18. The molecule has 17 heavy (non-hydrogen) atoms. The van der Waals surface area contributed by atoms with Crippen LogP contribution in [0.2, 0.25) is 0 Å². The fraction of sp³-hybridized carbons (Fsp3) is 0.417. The Hall–Kier alpha value is -1.52. The van der Waals surface area contributed by atoms with Gasteiger partial charge in [-0.1, -0.05) is 36.9 Å². The molecule has 2 nitrogen and oxygen atoms in total. The van der Waals surface area contributed by atoms with Crippen molar-refractivity contribution in [2.24, 2.45) is 5.16 Å². The van der Waals surface area contributed by atoms with Gasteiger partial charge in [0.1, 0.15) is 5.76 Å². The average Bonchev–Trinajstić information content (AvgIpc) is 2.25. The highest BCUT2D eigenvalue weighted by atomic mass is 19.4. The molecule has 0 aromatic carbocycles. The van der Waals surface area contributed by atoms with Gasteiger partial charge in [0, 0.05) is 6.42 Å². The third kappa shape index (κ3) is 9.41. The quantitative estimate of drug-likeness (QED) is 0.295. The summed E-state index contributed by atoms with van der Waals surface area (Å²) in [4.78, 5) is 4.85. The highest BCUT2D eigenvalue weighted by Gasteiger charge is 2.24. The maximum absolute atomic E-state index is 11.9. The van der Waals surface area contributed by atoms with E-state index in [2.05, 4.69) is 11.7 Å². The molecule has 5 heteroatoms. The van der Waals surface area contributed by atoms with Crippen LogP contribution in [-0.2, 0) is 4.84 Å². The van der Waals surface area contributed by atoms with Crippen molar-refractivity contribution in [3.63, 3.8) is 0 Å². The van der Waals surface area contributed by atoms with Crippen molar-refractivity contribution in [1.82, 2.24) is 0 Å². The molecule has 0 aromatic heterocycles.